The zero-order chi connectivity index (χ0) is 12.8. The van der Waals surface area contributed by atoms with E-state index in [1.54, 1.807) is 30.7 Å². The average molecular weight is 242 g/mol. The molecule has 92 valence electrons. The van der Waals surface area contributed by atoms with Crippen molar-refractivity contribution in [2.24, 2.45) is 0 Å². The molecule has 0 aliphatic heterocycles. The molecule has 0 radical (unpaired) electrons. The summed E-state index contributed by atoms with van der Waals surface area (Å²) >= 11 is 0. The van der Waals surface area contributed by atoms with Crippen LogP contribution < -0.4 is 11.1 Å². The SMILES string of the molecule is Nc1ncccc1C(=O)NCCc1cccnc1. The molecule has 0 bridgehead atoms. The Morgan fingerprint density at radius 1 is 1.28 bits per heavy atom. The Morgan fingerprint density at radius 3 is 2.83 bits per heavy atom. The molecule has 3 N–H and O–H groups in total. The molecular formula is C13H14N4O. The van der Waals surface area contributed by atoms with Crippen molar-refractivity contribution < 1.29 is 4.79 Å². The van der Waals surface area contributed by atoms with E-state index in [4.69, 9.17) is 5.73 Å². The third kappa shape index (κ3) is 3.04. The molecule has 2 rings (SSSR count). The Labute approximate surface area is 105 Å². The molecule has 0 aliphatic carbocycles. The van der Waals surface area contributed by atoms with Crippen molar-refractivity contribution in [1.29, 1.82) is 0 Å². The molecule has 0 saturated carbocycles. The van der Waals surface area contributed by atoms with Gasteiger partial charge < -0.3 is 11.1 Å². The molecule has 0 fully saturated rings. The fraction of sp³-hybridized carbons (Fsp3) is 0.154. The fourth-order valence-corrected chi connectivity index (χ4v) is 1.57. The van der Waals surface area contributed by atoms with Crippen LogP contribution >= 0.6 is 0 Å². The normalized spacial score (nSPS) is 10.0. The highest BCUT2D eigenvalue weighted by atomic mass is 16.1. The van der Waals surface area contributed by atoms with Gasteiger partial charge in [0.15, 0.2) is 0 Å². The predicted molar refractivity (Wildman–Crippen MR) is 68.9 cm³/mol. The molecule has 5 nitrogen and oxygen atoms in total. The lowest BCUT2D eigenvalue weighted by atomic mass is 10.2. The molecule has 5 heteroatoms. The van der Waals surface area contributed by atoms with Crippen LogP contribution in [-0.4, -0.2) is 22.4 Å². The summed E-state index contributed by atoms with van der Waals surface area (Å²) in [5.74, 6) is 0.0425. The van der Waals surface area contributed by atoms with E-state index in [0.717, 1.165) is 12.0 Å². The Hall–Kier alpha value is -2.43. The molecule has 18 heavy (non-hydrogen) atoms. The molecule has 0 aliphatic rings. The maximum Gasteiger partial charge on any atom is 0.255 e. The number of pyridine rings is 2. The van der Waals surface area contributed by atoms with Gasteiger partial charge in [-0.25, -0.2) is 4.98 Å². The van der Waals surface area contributed by atoms with Crippen molar-refractivity contribution in [2.45, 2.75) is 6.42 Å². The standard InChI is InChI=1S/C13H14N4O/c14-12-11(4-2-7-16-12)13(18)17-8-5-10-3-1-6-15-9-10/h1-4,6-7,9H,5,8H2,(H2,14,16)(H,17,18). The molecule has 2 heterocycles. The van der Waals surface area contributed by atoms with E-state index in [9.17, 15) is 4.79 Å². The topological polar surface area (TPSA) is 80.9 Å². The lowest BCUT2D eigenvalue weighted by Gasteiger charge is -2.06. The number of carbonyl (C=O) groups is 1. The first kappa shape index (κ1) is 12.0. The number of carbonyl (C=O) groups excluding carboxylic acids is 1. The Morgan fingerprint density at radius 2 is 2.11 bits per heavy atom. The minimum absolute atomic E-state index is 0.204. The van der Waals surface area contributed by atoms with Gasteiger partial charge in [-0.2, -0.15) is 0 Å². The molecule has 0 unspecified atom stereocenters. The van der Waals surface area contributed by atoms with Crippen LogP contribution in [0.4, 0.5) is 5.82 Å². The smallest absolute Gasteiger partial charge is 0.255 e. The van der Waals surface area contributed by atoms with E-state index in [1.165, 1.54) is 0 Å². The van der Waals surface area contributed by atoms with Gasteiger partial charge in [-0.05, 0) is 30.2 Å². The van der Waals surface area contributed by atoms with Crippen LogP contribution in [0.1, 0.15) is 15.9 Å². The Balaban J connectivity index is 1.88. The quantitative estimate of drug-likeness (QED) is 0.839. The molecule has 0 atom stereocenters. The lowest BCUT2D eigenvalue weighted by Crippen LogP contribution is -2.26. The molecule has 2 aromatic rings. The predicted octanol–water partition coefficient (Wildman–Crippen LogP) is 1.03. The molecule has 1 amide bonds. The summed E-state index contributed by atoms with van der Waals surface area (Å²) in [7, 11) is 0. The third-order valence-corrected chi connectivity index (χ3v) is 2.51. The highest BCUT2D eigenvalue weighted by Gasteiger charge is 2.08. The maximum absolute atomic E-state index is 11.8. The summed E-state index contributed by atoms with van der Waals surface area (Å²) in [6, 6.07) is 7.18. The maximum atomic E-state index is 11.8. The van der Waals surface area contributed by atoms with Crippen molar-refractivity contribution in [3.8, 4) is 0 Å². The van der Waals surface area contributed by atoms with Crippen LogP contribution in [-0.2, 0) is 6.42 Å². The van der Waals surface area contributed by atoms with Gasteiger partial charge in [-0.15, -0.1) is 0 Å². The zero-order valence-electron chi connectivity index (χ0n) is 9.84. The van der Waals surface area contributed by atoms with Crippen LogP contribution in [0, 0.1) is 0 Å². The molecule has 0 aromatic carbocycles. The second kappa shape index (κ2) is 5.77. The van der Waals surface area contributed by atoms with Crippen LogP contribution in [0.3, 0.4) is 0 Å². The number of rotatable bonds is 4. The number of nitrogens with one attached hydrogen (secondary N) is 1. The number of nitrogens with two attached hydrogens (primary N) is 1. The number of aromatic nitrogens is 2. The van der Waals surface area contributed by atoms with Crippen LogP contribution in [0.15, 0.2) is 42.9 Å². The van der Waals surface area contributed by atoms with Gasteiger partial charge in [-0.1, -0.05) is 6.07 Å². The summed E-state index contributed by atoms with van der Waals surface area (Å²) in [5, 5.41) is 2.80. The van der Waals surface area contributed by atoms with Crippen molar-refractivity contribution >= 4 is 11.7 Å². The van der Waals surface area contributed by atoms with Crippen LogP contribution in [0.2, 0.25) is 0 Å². The first-order valence-corrected chi connectivity index (χ1v) is 5.65. The van der Waals surface area contributed by atoms with E-state index in [0.29, 0.717) is 12.1 Å². The second-order valence-electron chi connectivity index (χ2n) is 3.80. The number of hydrogen-bond acceptors (Lipinski definition) is 4. The third-order valence-electron chi connectivity index (χ3n) is 2.51. The average Bonchev–Trinajstić information content (AvgIpc) is 2.40. The van der Waals surface area contributed by atoms with E-state index in [-0.39, 0.29) is 11.7 Å². The monoisotopic (exact) mass is 242 g/mol. The number of amides is 1. The van der Waals surface area contributed by atoms with Gasteiger partial charge in [0.25, 0.3) is 5.91 Å². The summed E-state index contributed by atoms with van der Waals surface area (Å²) < 4.78 is 0. The van der Waals surface area contributed by atoms with Gasteiger partial charge in [0.1, 0.15) is 5.82 Å². The summed E-state index contributed by atoms with van der Waals surface area (Å²) in [5.41, 5.74) is 7.11. The summed E-state index contributed by atoms with van der Waals surface area (Å²) in [6.45, 7) is 0.541. The second-order valence-corrected chi connectivity index (χ2v) is 3.80. The first-order chi connectivity index (χ1) is 8.77. The van der Waals surface area contributed by atoms with Crippen LogP contribution in [0.25, 0.3) is 0 Å². The van der Waals surface area contributed by atoms with Gasteiger partial charge in [0.2, 0.25) is 0 Å². The van der Waals surface area contributed by atoms with E-state index in [1.807, 2.05) is 12.1 Å². The largest absolute Gasteiger partial charge is 0.383 e. The lowest BCUT2D eigenvalue weighted by molar-refractivity contribution is 0.0955. The minimum atomic E-state index is -0.204. The van der Waals surface area contributed by atoms with Gasteiger partial charge in [-0.3, -0.25) is 9.78 Å². The van der Waals surface area contributed by atoms with Crippen molar-refractivity contribution in [1.82, 2.24) is 15.3 Å². The highest BCUT2D eigenvalue weighted by Crippen LogP contribution is 2.06. The van der Waals surface area contributed by atoms with Crippen molar-refractivity contribution in [3.63, 3.8) is 0 Å². The van der Waals surface area contributed by atoms with E-state index >= 15 is 0 Å². The summed E-state index contributed by atoms with van der Waals surface area (Å²) in [4.78, 5) is 19.7. The van der Waals surface area contributed by atoms with Gasteiger partial charge >= 0.3 is 0 Å². The van der Waals surface area contributed by atoms with Gasteiger partial charge in [0, 0.05) is 25.1 Å². The van der Waals surface area contributed by atoms with E-state index < -0.39 is 0 Å². The Kier molecular flexibility index (Phi) is 3.86. The first-order valence-electron chi connectivity index (χ1n) is 5.65. The van der Waals surface area contributed by atoms with Crippen LogP contribution in [0.5, 0.6) is 0 Å². The summed E-state index contributed by atoms with van der Waals surface area (Å²) in [6.07, 6.45) is 5.80. The highest BCUT2D eigenvalue weighted by molar-refractivity contribution is 5.98. The Bertz CT molecular complexity index is 528. The number of nitrogens with zero attached hydrogens (tertiary/aromatic N) is 2. The molecular weight excluding hydrogens is 228 g/mol. The number of anilines is 1. The van der Waals surface area contributed by atoms with Crippen molar-refractivity contribution in [2.75, 3.05) is 12.3 Å². The molecule has 0 spiro atoms. The molecule has 2 aromatic heterocycles. The van der Waals surface area contributed by atoms with Crippen molar-refractivity contribution in [3.05, 3.63) is 54.0 Å². The minimum Gasteiger partial charge on any atom is -0.383 e. The number of nitrogen functional groups attached to an aromatic ring is 1. The van der Waals surface area contributed by atoms with Gasteiger partial charge in [0.05, 0.1) is 5.56 Å². The fourth-order valence-electron chi connectivity index (χ4n) is 1.57. The van der Waals surface area contributed by atoms with E-state index in [2.05, 4.69) is 15.3 Å². The molecule has 0 saturated heterocycles. The zero-order valence-corrected chi connectivity index (χ0v) is 9.84. The number of hydrogen-bond donors (Lipinski definition) is 2.